The standard InChI is InChI=1S/C4H3BrN2O/c5-4-1-3(2-6)8-7-4/h1,3,7H. The minimum atomic E-state index is -0.440. The average molecular weight is 175 g/mol. The van der Waals surface area contributed by atoms with Crippen molar-refractivity contribution >= 4 is 15.9 Å². The van der Waals surface area contributed by atoms with Gasteiger partial charge in [0.25, 0.3) is 0 Å². The number of nitrogens with one attached hydrogen (secondary N) is 1. The van der Waals surface area contributed by atoms with E-state index in [0.717, 1.165) is 0 Å². The lowest BCUT2D eigenvalue weighted by atomic mass is 10.4. The van der Waals surface area contributed by atoms with Crippen molar-refractivity contribution in [3.8, 4) is 6.07 Å². The van der Waals surface area contributed by atoms with E-state index < -0.39 is 6.10 Å². The number of hydroxylamine groups is 1. The lowest BCUT2D eigenvalue weighted by Gasteiger charge is -1.92. The SMILES string of the molecule is N#CC1C=C(Br)NO1. The molecule has 0 aromatic carbocycles. The van der Waals surface area contributed by atoms with E-state index in [4.69, 9.17) is 5.26 Å². The molecule has 0 aromatic rings. The molecule has 0 spiro atoms. The molecule has 1 atom stereocenters. The summed E-state index contributed by atoms with van der Waals surface area (Å²) in [5.74, 6) is 0. The predicted molar refractivity (Wildman–Crippen MR) is 30.6 cm³/mol. The molecule has 1 aliphatic heterocycles. The summed E-state index contributed by atoms with van der Waals surface area (Å²) in [7, 11) is 0. The van der Waals surface area contributed by atoms with Crippen molar-refractivity contribution in [2.45, 2.75) is 6.10 Å². The Morgan fingerprint density at radius 3 is 3.00 bits per heavy atom. The fourth-order valence-corrected chi connectivity index (χ4v) is 0.718. The zero-order valence-corrected chi connectivity index (χ0v) is 5.47. The molecule has 0 bridgehead atoms. The molecule has 0 aromatic heterocycles. The van der Waals surface area contributed by atoms with E-state index in [-0.39, 0.29) is 0 Å². The van der Waals surface area contributed by atoms with Crippen LogP contribution in [0.4, 0.5) is 0 Å². The largest absolute Gasteiger partial charge is 0.258 e. The second-order valence-electron chi connectivity index (χ2n) is 1.28. The first-order valence-electron chi connectivity index (χ1n) is 2.01. The van der Waals surface area contributed by atoms with Crippen LogP contribution in [0.5, 0.6) is 0 Å². The molecule has 1 N–H and O–H groups in total. The van der Waals surface area contributed by atoms with Gasteiger partial charge in [-0.2, -0.15) is 5.26 Å². The van der Waals surface area contributed by atoms with Crippen molar-refractivity contribution in [3.05, 3.63) is 10.7 Å². The Morgan fingerprint density at radius 1 is 2.00 bits per heavy atom. The minimum Gasteiger partial charge on any atom is -0.258 e. The molecule has 8 heavy (non-hydrogen) atoms. The van der Waals surface area contributed by atoms with E-state index in [1.807, 2.05) is 6.07 Å². The molecule has 0 saturated carbocycles. The van der Waals surface area contributed by atoms with Gasteiger partial charge >= 0.3 is 0 Å². The van der Waals surface area contributed by atoms with E-state index in [2.05, 4.69) is 26.2 Å². The molecule has 0 aliphatic carbocycles. The maximum Gasteiger partial charge on any atom is 0.192 e. The molecule has 42 valence electrons. The molecular weight excluding hydrogens is 172 g/mol. The summed E-state index contributed by atoms with van der Waals surface area (Å²) < 4.78 is 0.712. The van der Waals surface area contributed by atoms with Gasteiger partial charge in [0, 0.05) is 0 Å². The van der Waals surface area contributed by atoms with Crippen molar-refractivity contribution in [1.29, 1.82) is 5.26 Å². The van der Waals surface area contributed by atoms with Gasteiger partial charge in [-0.3, -0.25) is 10.3 Å². The monoisotopic (exact) mass is 174 g/mol. The maximum absolute atomic E-state index is 8.20. The topological polar surface area (TPSA) is 45.0 Å². The summed E-state index contributed by atoms with van der Waals surface area (Å²) in [5.41, 5.74) is 2.48. The minimum absolute atomic E-state index is 0.440. The fraction of sp³-hybridized carbons (Fsp3) is 0.250. The average Bonchev–Trinajstić information content (AvgIpc) is 2.14. The molecule has 0 amide bonds. The predicted octanol–water partition coefficient (Wildman–Crippen LogP) is 0.650. The number of nitriles is 1. The molecule has 4 heteroatoms. The summed E-state index contributed by atoms with van der Waals surface area (Å²) in [5, 5.41) is 8.20. The highest BCUT2D eigenvalue weighted by atomic mass is 79.9. The van der Waals surface area contributed by atoms with E-state index in [0.29, 0.717) is 4.61 Å². The zero-order valence-electron chi connectivity index (χ0n) is 3.89. The van der Waals surface area contributed by atoms with E-state index in [1.54, 1.807) is 6.08 Å². The van der Waals surface area contributed by atoms with Crippen molar-refractivity contribution in [2.75, 3.05) is 0 Å². The van der Waals surface area contributed by atoms with Gasteiger partial charge in [-0.15, -0.1) is 0 Å². The number of rotatable bonds is 0. The zero-order chi connectivity index (χ0) is 5.98. The molecule has 1 aliphatic rings. The van der Waals surface area contributed by atoms with Crippen molar-refractivity contribution in [3.63, 3.8) is 0 Å². The number of nitrogens with zero attached hydrogens (tertiary/aromatic N) is 1. The Morgan fingerprint density at radius 2 is 2.75 bits per heavy atom. The van der Waals surface area contributed by atoms with Crippen LogP contribution in [-0.2, 0) is 4.84 Å². The van der Waals surface area contributed by atoms with Gasteiger partial charge < -0.3 is 0 Å². The van der Waals surface area contributed by atoms with Crippen LogP contribution >= 0.6 is 15.9 Å². The lowest BCUT2D eigenvalue weighted by Crippen LogP contribution is -2.08. The fourth-order valence-electron chi connectivity index (χ4n) is 0.384. The normalized spacial score (nSPS) is 26.0. The van der Waals surface area contributed by atoms with Crippen LogP contribution in [0.3, 0.4) is 0 Å². The van der Waals surface area contributed by atoms with Crippen molar-refractivity contribution in [2.24, 2.45) is 0 Å². The van der Waals surface area contributed by atoms with Gasteiger partial charge in [0.2, 0.25) is 0 Å². The summed E-state index contributed by atoms with van der Waals surface area (Å²) in [6.07, 6.45) is 1.20. The third-order valence-electron chi connectivity index (χ3n) is 0.708. The third kappa shape index (κ3) is 0.997. The van der Waals surface area contributed by atoms with E-state index >= 15 is 0 Å². The molecule has 1 rings (SSSR count). The molecular formula is C4H3BrN2O. The Bertz CT molecular complexity index is 160. The number of halogens is 1. The molecule has 1 heterocycles. The quantitative estimate of drug-likeness (QED) is 0.549. The maximum atomic E-state index is 8.20. The van der Waals surface area contributed by atoms with Crippen LogP contribution in [-0.4, -0.2) is 6.10 Å². The van der Waals surface area contributed by atoms with Crippen LogP contribution in [0.15, 0.2) is 10.7 Å². The highest BCUT2D eigenvalue weighted by molar-refractivity contribution is 9.11. The van der Waals surface area contributed by atoms with Crippen LogP contribution < -0.4 is 5.48 Å². The molecule has 0 radical (unpaired) electrons. The second kappa shape index (κ2) is 2.16. The molecule has 0 saturated heterocycles. The number of hydrogen-bond acceptors (Lipinski definition) is 3. The summed E-state index contributed by atoms with van der Waals surface area (Å²) in [4.78, 5) is 4.66. The summed E-state index contributed by atoms with van der Waals surface area (Å²) in [6, 6.07) is 1.90. The first-order chi connectivity index (χ1) is 3.83. The highest BCUT2D eigenvalue weighted by Crippen LogP contribution is 2.10. The third-order valence-corrected chi connectivity index (χ3v) is 1.13. The lowest BCUT2D eigenvalue weighted by molar-refractivity contribution is 0.0763. The Kier molecular flexibility index (Phi) is 1.51. The molecule has 1 unspecified atom stereocenters. The van der Waals surface area contributed by atoms with Gasteiger partial charge in [0.1, 0.15) is 10.7 Å². The van der Waals surface area contributed by atoms with E-state index in [9.17, 15) is 0 Å². The van der Waals surface area contributed by atoms with E-state index in [1.165, 1.54) is 0 Å². The van der Waals surface area contributed by atoms with Gasteiger partial charge in [0.05, 0.1) is 0 Å². The van der Waals surface area contributed by atoms with Crippen molar-refractivity contribution < 1.29 is 4.84 Å². The van der Waals surface area contributed by atoms with Crippen LogP contribution in [0.2, 0.25) is 0 Å². The van der Waals surface area contributed by atoms with Crippen molar-refractivity contribution in [1.82, 2.24) is 5.48 Å². The van der Waals surface area contributed by atoms with Gasteiger partial charge in [-0.25, -0.2) is 0 Å². The first kappa shape index (κ1) is 5.60. The smallest absolute Gasteiger partial charge is 0.192 e. The Hall–Kier alpha value is -0.530. The second-order valence-corrected chi connectivity index (χ2v) is 2.14. The molecule has 3 nitrogen and oxygen atoms in total. The van der Waals surface area contributed by atoms with Gasteiger partial charge in [-0.1, -0.05) is 0 Å². The Balaban J connectivity index is 2.57. The van der Waals surface area contributed by atoms with Gasteiger partial charge in [0.15, 0.2) is 6.10 Å². The Labute approximate surface area is 55.0 Å². The van der Waals surface area contributed by atoms with Crippen LogP contribution in [0, 0.1) is 11.3 Å². The first-order valence-corrected chi connectivity index (χ1v) is 2.81. The summed E-state index contributed by atoms with van der Waals surface area (Å²) >= 11 is 3.09. The van der Waals surface area contributed by atoms with Gasteiger partial charge in [-0.05, 0) is 22.0 Å². The number of hydrogen-bond donors (Lipinski definition) is 1. The van der Waals surface area contributed by atoms with Crippen LogP contribution in [0.1, 0.15) is 0 Å². The summed E-state index contributed by atoms with van der Waals surface area (Å²) in [6.45, 7) is 0. The van der Waals surface area contributed by atoms with Crippen LogP contribution in [0.25, 0.3) is 0 Å². The highest BCUT2D eigenvalue weighted by Gasteiger charge is 2.11. The molecule has 0 fully saturated rings.